The lowest BCUT2D eigenvalue weighted by Crippen LogP contribution is -2.32. The molecule has 126 valence electrons. The topological polar surface area (TPSA) is 94.3 Å². The average Bonchev–Trinajstić information content (AvgIpc) is 3.09. The number of hydrogen-bond donors (Lipinski definition) is 1. The van der Waals surface area contributed by atoms with E-state index in [0.29, 0.717) is 11.5 Å². The monoisotopic (exact) mass is 346 g/mol. The highest BCUT2D eigenvalue weighted by Crippen LogP contribution is 2.22. The van der Waals surface area contributed by atoms with Gasteiger partial charge in [0.15, 0.2) is 11.5 Å². The Morgan fingerprint density at radius 1 is 1.33 bits per heavy atom. The van der Waals surface area contributed by atoms with Crippen LogP contribution in [-0.2, 0) is 11.3 Å². The van der Waals surface area contributed by atoms with Crippen LogP contribution < -0.4 is 5.32 Å². The minimum atomic E-state index is -0.549. The third kappa shape index (κ3) is 3.67. The quantitative estimate of drug-likeness (QED) is 0.783. The molecule has 3 aromatic heterocycles. The minimum Gasteiger partial charge on any atom is -0.444 e. The van der Waals surface area contributed by atoms with E-state index in [-0.39, 0.29) is 6.54 Å². The summed E-state index contributed by atoms with van der Waals surface area (Å²) >= 11 is 1.39. The number of aryl methyl sites for hydroxylation is 1. The fourth-order valence-electron chi connectivity index (χ4n) is 2.02. The highest BCUT2D eigenvalue weighted by molar-refractivity contribution is 7.09. The standard InChI is InChI=1S/C15H18N6O2S/c1-9-7-11(24-20-9)10-5-6-12-17-18-13(21(12)19-10)8-16-14(22)23-15(2,3)4/h5-7H,8H2,1-4H3,(H,16,22). The van der Waals surface area contributed by atoms with E-state index in [2.05, 4.69) is 25.0 Å². The molecule has 1 amide bonds. The SMILES string of the molecule is Cc1cc(-c2ccc3nnc(CNC(=O)OC(C)(C)C)n3n2)sn1. The summed E-state index contributed by atoms with van der Waals surface area (Å²) in [5.74, 6) is 0.527. The number of hydrogen-bond acceptors (Lipinski definition) is 7. The fourth-order valence-corrected chi connectivity index (χ4v) is 2.75. The number of nitrogens with zero attached hydrogens (tertiary/aromatic N) is 5. The third-order valence-corrected chi connectivity index (χ3v) is 3.90. The van der Waals surface area contributed by atoms with Crippen molar-refractivity contribution in [3.8, 4) is 10.6 Å². The molecule has 0 aromatic carbocycles. The minimum absolute atomic E-state index is 0.175. The molecule has 0 bridgehead atoms. The van der Waals surface area contributed by atoms with E-state index in [4.69, 9.17) is 4.74 Å². The van der Waals surface area contributed by atoms with Gasteiger partial charge in [0.1, 0.15) is 11.3 Å². The van der Waals surface area contributed by atoms with Gasteiger partial charge in [0.05, 0.1) is 17.1 Å². The van der Waals surface area contributed by atoms with E-state index in [1.807, 2.05) is 45.9 Å². The Morgan fingerprint density at radius 3 is 2.79 bits per heavy atom. The number of amides is 1. The molecule has 0 aliphatic carbocycles. The number of fused-ring (bicyclic) bond motifs is 1. The van der Waals surface area contributed by atoms with Crippen molar-refractivity contribution >= 4 is 23.3 Å². The normalized spacial score (nSPS) is 11.7. The molecule has 0 saturated heterocycles. The van der Waals surface area contributed by atoms with Gasteiger partial charge in [0.25, 0.3) is 0 Å². The summed E-state index contributed by atoms with van der Waals surface area (Å²) in [6.07, 6.45) is -0.506. The highest BCUT2D eigenvalue weighted by Gasteiger charge is 2.17. The Labute approximate surface area is 143 Å². The molecule has 24 heavy (non-hydrogen) atoms. The summed E-state index contributed by atoms with van der Waals surface area (Å²) in [6, 6.07) is 5.69. The van der Waals surface area contributed by atoms with Gasteiger partial charge in [-0.3, -0.25) is 0 Å². The van der Waals surface area contributed by atoms with Crippen molar-refractivity contribution in [2.24, 2.45) is 0 Å². The molecule has 9 heteroatoms. The molecule has 1 N–H and O–H groups in total. The molecule has 0 fully saturated rings. The molecule has 8 nitrogen and oxygen atoms in total. The predicted octanol–water partition coefficient (Wildman–Crippen LogP) is 2.58. The Balaban J connectivity index is 1.80. The van der Waals surface area contributed by atoms with Crippen molar-refractivity contribution in [2.75, 3.05) is 0 Å². The Kier molecular flexibility index (Phi) is 4.18. The van der Waals surface area contributed by atoms with Crippen LogP contribution in [0.1, 0.15) is 32.3 Å². The lowest BCUT2D eigenvalue weighted by Gasteiger charge is -2.19. The average molecular weight is 346 g/mol. The van der Waals surface area contributed by atoms with Crippen LogP contribution in [0, 0.1) is 6.92 Å². The Bertz CT molecular complexity index is 880. The second kappa shape index (κ2) is 6.16. The zero-order valence-corrected chi connectivity index (χ0v) is 14.7. The second-order valence-corrected chi connectivity index (χ2v) is 7.10. The third-order valence-electron chi connectivity index (χ3n) is 3.00. The van der Waals surface area contributed by atoms with Crippen molar-refractivity contribution in [2.45, 2.75) is 39.8 Å². The number of carbonyl (C=O) groups is 1. The molecule has 0 unspecified atom stereocenters. The van der Waals surface area contributed by atoms with Gasteiger partial charge < -0.3 is 10.1 Å². The van der Waals surface area contributed by atoms with Gasteiger partial charge in [0.2, 0.25) is 0 Å². The van der Waals surface area contributed by atoms with Crippen LogP contribution in [0.2, 0.25) is 0 Å². The van der Waals surface area contributed by atoms with Crippen molar-refractivity contribution in [1.29, 1.82) is 0 Å². The molecule has 0 aliphatic rings. The van der Waals surface area contributed by atoms with Gasteiger partial charge in [-0.1, -0.05) is 0 Å². The van der Waals surface area contributed by atoms with Crippen LogP contribution in [-0.4, -0.2) is 35.9 Å². The Hall–Kier alpha value is -2.55. The number of alkyl carbamates (subject to hydrolysis) is 1. The maximum absolute atomic E-state index is 11.8. The van der Waals surface area contributed by atoms with Gasteiger partial charge in [-0.25, -0.2) is 4.79 Å². The van der Waals surface area contributed by atoms with E-state index < -0.39 is 11.7 Å². The van der Waals surface area contributed by atoms with Crippen LogP contribution in [0.15, 0.2) is 18.2 Å². The number of aromatic nitrogens is 5. The first-order valence-corrected chi connectivity index (χ1v) is 8.21. The molecular formula is C15H18N6O2S. The number of carbonyl (C=O) groups excluding carboxylic acids is 1. The largest absolute Gasteiger partial charge is 0.444 e. The lowest BCUT2D eigenvalue weighted by atomic mass is 10.2. The molecule has 3 aromatic rings. The predicted molar refractivity (Wildman–Crippen MR) is 89.7 cm³/mol. The maximum atomic E-state index is 11.8. The molecule has 0 radical (unpaired) electrons. The zero-order chi connectivity index (χ0) is 17.3. The van der Waals surface area contributed by atoms with Crippen LogP contribution in [0.5, 0.6) is 0 Å². The van der Waals surface area contributed by atoms with Crippen molar-refractivity contribution in [1.82, 2.24) is 29.5 Å². The smallest absolute Gasteiger partial charge is 0.408 e. The van der Waals surface area contributed by atoms with Crippen LogP contribution in [0.4, 0.5) is 4.79 Å². The first-order valence-electron chi connectivity index (χ1n) is 7.44. The first kappa shape index (κ1) is 16.3. The van der Waals surface area contributed by atoms with Gasteiger partial charge >= 0.3 is 6.09 Å². The Morgan fingerprint density at radius 2 is 2.12 bits per heavy atom. The fraction of sp³-hybridized carbons (Fsp3) is 0.400. The molecule has 0 saturated carbocycles. The van der Waals surface area contributed by atoms with E-state index in [9.17, 15) is 4.79 Å². The van der Waals surface area contributed by atoms with Crippen LogP contribution in [0.25, 0.3) is 16.2 Å². The van der Waals surface area contributed by atoms with E-state index >= 15 is 0 Å². The van der Waals surface area contributed by atoms with Crippen LogP contribution in [0.3, 0.4) is 0 Å². The number of ether oxygens (including phenoxy) is 1. The van der Waals surface area contributed by atoms with Gasteiger partial charge in [-0.15, -0.1) is 10.2 Å². The second-order valence-electron chi connectivity index (χ2n) is 6.29. The summed E-state index contributed by atoms with van der Waals surface area (Å²) in [5.41, 5.74) is 1.80. The van der Waals surface area contributed by atoms with Gasteiger partial charge in [-0.05, 0) is 57.4 Å². The summed E-state index contributed by atoms with van der Waals surface area (Å²) in [6.45, 7) is 7.54. The number of rotatable bonds is 3. The van der Waals surface area contributed by atoms with E-state index in [0.717, 1.165) is 16.3 Å². The molecule has 0 aliphatic heterocycles. The maximum Gasteiger partial charge on any atom is 0.408 e. The number of nitrogens with one attached hydrogen (secondary N) is 1. The van der Waals surface area contributed by atoms with Crippen molar-refractivity contribution in [3.63, 3.8) is 0 Å². The van der Waals surface area contributed by atoms with E-state index in [1.54, 1.807) is 4.52 Å². The molecule has 3 heterocycles. The molecule has 0 spiro atoms. The molecule has 0 atom stereocenters. The van der Waals surface area contributed by atoms with Gasteiger partial charge in [-0.2, -0.15) is 14.0 Å². The first-order chi connectivity index (χ1) is 11.3. The highest BCUT2D eigenvalue weighted by atomic mass is 32.1. The summed E-state index contributed by atoms with van der Waals surface area (Å²) in [5, 5.41) is 15.3. The summed E-state index contributed by atoms with van der Waals surface area (Å²) in [4.78, 5) is 12.7. The van der Waals surface area contributed by atoms with Gasteiger partial charge in [0, 0.05) is 0 Å². The molecular weight excluding hydrogens is 328 g/mol. The van der Waals surface area contributed by atoms with Crippen LogP contribution >= 0.6 is 11.5 Å². The lowest BCUT2D eigenvalue weighted by molar-refractivity contribution is 0.0522. The summed E-state index contributed by atoms with van der Waals surface area (Å²) < 4.78 is 11.1. The van der Waals surface area contributed by atoms with Crippen molar-refractivity contribution in [3.05, 3.63) is 29.7 Å². The molecule has 3 rings (SSSR count). The van der Waals surface area contributed by atoms with Crippen molar-refractivity contribution < 1.29 is 9.53 Å². The summed E-state index contributed by atoms with van der Waals surface area (Å²) in [7, 11) is 0. The zero-order valence-electron chi connectivity index (χ0n) is 13.9. The van der Waals surface area contributed by atoms with E-state index in [1.165, 1.54) is 11.5 Å².